The molecule has 0 N–H and O–H groups in total. The molecule has 134 valence electrons. The van der Waals surface area contributed by atoms with Gasteiger partial charge in [0.05, 0.1) is 0 Å². The van der Waals surface area contributed by atoms with Gasteiger partial charge in [-0.1, -0.05) is 127 Å². The Morgan fingerprint density at radius 3 is 1.33 bits per heavy atom. The van der Waals surface area contributed by atoms with Crippen LogP contribution < -0.4 is 29.6 Å². The summed E-state index contributed by atoms with van der Waals surface area (Å²) >= 11 is 0. The van der Waals surface area contributed by atoms with Gasteiger partial charge in [0.2, 0.25) is 0 Å². The number of hydrogen-bond donors (Lipinski definition) is 0. The quantitative estimate of drug-likeness (QED) is 0.286. The van der Waals surface area contributed by atoms with Gasteiger partial charge in [-0.05, 0) is 18.4 Å². The molecule has 1 rings (SSSR count). The average Bonchev–Trinajstić information content (AvgIpc) is 2.59. The van der Waals surface area contributed by atoms with Crippen LogP contribution in [0, 0.1) is 0 Å². The molecule has 24 heavy (non-hydrogen) atoms. The van der Waals surface area contributed by atoms with Gasteiger partial charge in [0.15, 0.2) is 0 Å². The van der Waals surface area contributed by atoms with E-state index in [-0.39, 0.29) is 31.0 Å². The van der Waals surface area contributed by atoms with Crippen molar-refractivity contribution in [3.05, 3.63) is 35.9 Å². The zero-order chi connectivity index (χ0) is 16.4. The van der Waals surface area contributed by atoms with Crippen molar-refractivity contribution >= 4 is 0 Å². The maximum atomic E-state index is 2.29. The van der Waals surface area contributed by atoms with Crippen LogP contribution >= 0.6 is 0 Å². The Labute approximate surface area is 176 Å². The van der Waals surface area contributed by atoms with Crippen LogP contribution in [0.25, 0.3) is 0 Å². The van der Waals surface area contributed by atoms with Gasteiger partial charge in [-0.25, -0.2) is 0 Å². The summed E-state index contributed by atoms with van der Waals surface area (Å²) < 4.78 is 0. The van der Waals surface area contributed by atoms with E-state index in [9.17, 15) is 0 Å². The van der Waals surface area contributed by atoms with Gasteiger partial charge >= 0.3 is 29.6 Å². The number of rotatable bonds is 16. The first-order valence-electron chi connectivity index (χ1n) is 10.5. The monoisotopic (exact) mass is 340 g/mol. The van der Waals surface area contributed by atoms with Gasteiger partial charge in [-0.15, -0.1) is 0 Å². The molecule has 0 spiro atoms. The molecule has 0 aliphatic carbocycles. The molecule has 1 aromatic rings. The Hall–Kier alpha value is 0.220. The fraction of sp³-hybridized carbons (Fsp3) is 0.739. The first-order chi connectivity index (χ1) is 11.4. The van der Waals surface area contributed by atoms with Crippen LogP contribution in [0.2, 0.25) is 0 Å². The maximum absolute atomic E-state index is 2.29. The van der Waals surface area contributed by atoms with Gasteiger partial charge in [0.1, 0.15) is 0 Å². The van der Waals surface area contributed by atoms with Crippen LogP contribution in [0.4, 0.5) is 0 Å². The van der Waals surface area contributed by atoms with Crippen LogP contribution in [-0.4, -0.2) is 0 Å². The number of unbranched alkanes of at least 4 members (excludes halogenated alkanes) is 14. The Morgan fingerprint density at radius 2 is 0.917 bits per heavy atom. The molecule has 1 heteroatoms. The summed E-state index contributed by atoms with van der Waals surface area (Å²) in [6, 6.07) is 10.9. The Bertz CT molecular complexity index is 339. The van der Waals surface area contributed by atoms with Crippen molar-refractivity contribution in [1.82, 2.24) is 0 Å². The van der Waals surface area contributed by atoms with Gasteiger partial charge < -0.3 is 1.43 Å². The fourth-order valence-corrected chi connectivity index (χ4v) is 3.35. The van der Waals surface area contributed by atoms with Crippen molar-refractivity contribution in [3.8, 4) is 0 Å². The predicted molar refractivity (Wildman–Crippen MR) is 106 cm³/mol. The standard InChI is InChI=1S/C23H40.Na.H/c1-2-3-4-5-6-7-8-9-10-11-12-13-14-15-17-20-23-21-18-16-19-22-23;;/h16,18-19,21-22H,2-15,17,20H2,1H3;;/q;+1;-1. The van der Waals surface area contributed by atoms with Crippen LogP contribution in [-0.2, 0) is 6.42 Å². The van der Waals surface area contributed by atoms with E-state index in [2.05, 4.69) is 37.3 Å². The maximum Gasteiger partial charge on any atom is 1.00 e. The zero-order valence-corrected chi connectivity index (χ0v) is 18.7. The molecule has 0 saturated heterocycles. The molecule has 0 aliphatic rings. The molecular formula is C23H41Na. The van der Waals surface area contributed by atoms with Crippen LogP contribution in [0.1, 0.15) is 110 Å². The second-order valence-electron chi connectivity index (χ2n) is 7.19. The van der Waals surface area contributed by atoms with Gasteiger partial charge in [0, 0.05) is 0 Å². The minimum atomic E-state index is 0. The van der Waals surface area contributed by atoms with E-state index < -0.39 is 0 Å². The van der Waals surface area contributed by atoms with Crippen LogP contribution in [0.5, 0.6) is 0 Å². The van der Waals surface area contributed by atoms with Crippen molar-refractivity contribution in [1.29, 1.82) is 0 Å². The minimum absolute atomic E-state index is 0. The molecular weight excluding hydrogens is 299 g/mol. The van der Waals surface area contributed by atoms with Crippen molar-refractivity contribution in [2.24, 2.45) is 0 Å². The largest absolute Gasteiger partial charge is 1.00 e. The third kappa shape index (κ3) is 15.7. The first kappa shape index (κ1) is 24.2. The van der Waals surface area contributed by atoms with Gasteiger partial charge in [0.25, 0.3) is 0 Å². The Kier molecular flexibility index (Phi) is 19.7. The van der Waals surface area contributed by atoms with E-state index in [1.807, 2.05) is 0 Å². The molecule has 0 aliphatic heterocycles. The number of hydrogen-bond acceptors (Lipinski definition) is 0. The van der Waals surface area contributed by atoms with Crippen LogP contribution in [0.3, 0.4) is 0 Å². The topological polar surface area (TPSA) is 0 Å². The van der Waals surface area contributed by atoms with Gasteiger partial charge in [-0.3, -0.25) is 0 Å². The summed E-state index contributed by atoms with van der Waals surface area (Å²) in [6.07, 6.45) is 22.9. The summed E-state index contributed by atoms with van der Waals surface area (Å²) in [5, 5.41) is 0. The zero-order valence-electron chi connectivity index (χ0n) is 17.7. The average molecular weight is 341 g/mol. The normalized spacial score (nSPS) is 10.5. The SMILES string of the molecule is CCCCCCCCCCCCCCCCCc1ccccc1.[H-].[Na+]. The van der Waals surface area contributed by atoms with E-state index in [0.29, 0.717) is 0 Å². The summed E-state index contributed by atoms with van der Waals surface area (Å²) in [4.78, 5) is 0. The predicted octanol–water partition coefficient (Wildman–Crippen LogP) is 5.22. The third-order valence-electron chi connectivity index (χ3n) is 4.91. The number of aryl methyl sites for hydroxylation is 1. The molecule has 0 heterocycles. The summed E-state index contributed by atoms with van der Waals surface area (Å²) in [5.74, 6) is 0. The van der Waals surface area contributed by atoms with E-state index in [4.69, 9.17) is 0 Å². The van der Waals surface area contributed by atoms with Gasteiger partial charge in [-0.2, -0.15) is 0 Å². The van der Waals surface area contributed by atoms with E-state index >= 15 is 0 Å². The summed E-state index contributed by atoms with van der Waals surface area (Å²) in [5.41, 5.74) is 1.50. The fourth-order valence-electron chi connectivity index (χ4n) is 3.35. The smallest absolute Gasteiger partial charge is 1.00 e. The van der Waals surface area contributed by atoms with Crippen LogP contribution in [0.15, 0.2) is 30.3 Å². The molecule has 0 fully saturated rings. The number of benzene rings is 1. The Morgan fingerprint density at radius 1 is 0.542 bits per heavy atom. The molecule has 0 amide bonds. The molecule has 0 unspecified atom stereocenters. The molecule has 0 radical (unpaired) electrons. The van der Waals surface area contributed by atoms with E-state index in [1.165, 1.54) is 108 Å². The molecule has 0 nitrogen and oxygen atoms in total. The van der Waals surface area contributed by atoms with Crippen molar-refractivity contribution < 1.29 is 31.0 Å². The molecule has 0 atom stereocenters. The van der Waals surface area contributed by atoms with E-state index in [0.717, 1.165) is 0 Å². The van der Waals surface area contributed by atoms with Crippen molar-refractivity contribution in [2.45, 2.75) is 110 Å². The molecule has 0 aromatic heterocycles. The van der Waals surface area contributed by atoms with E-state index in [1.54, 1.807) is 0 Å². The second-order valence-corrected chi connectivity index (χ2v) is 7.19. The molecule has 1 aromatic carbocycles. The van der Waals surface area contributed by atoms with Crippen molar-refractivity contribution in [2.75, 3.05) is 0 Å². The van der Waals surface area contributed by atoms with Crippen molar-refractivity contribution in [3.63, 3.8) is 0 Å². The third-order valence-corrected chi connectivity index (χ3v) is 4.91. The molecule has 0 saturated carbocycles. The summed E-state index contributed by atoms with van der Waals surface area (Å²) in [7, 11) is 0. The first-order valence-corrected chi connectivity index (χ1v) is 10.5. The minimum Gasteiger partial charge on any atom is -1.00 e. The second kappa shape index (κ2) is 19.5. The Balaban J connectivity index is 0. The summed E-state index contributed by atoms with van der Waals surface area (Å²) in [6.45, 7) is 2.29. The molecule has 0 bridgehead atoms.